The Balaban J connectivity index is -0.000000224. The van der Waals surface area contributed by atoms with E-state index in [1.807, 2.05) is 0 Å². The van der Waals surface area contributed by atoms with Crippen LogP contribution in [-0.4, -0.2) is 55.8 Å². The van der Waals surface area contributed by atoms with Crippen LogP contribution in [-0.2, 0) is 14.4 Å². The quantitative estimate of drug-likeness (QED) is 0.0699. The van der Waals surface area contributed by atoms with Gasteiger partial charge >= 0.3 is 51.8 Å². The van der Waals surface area contributed by atoms with Crippen LogP contribution >= 0.6 is 0 Å². The summed E-state index contributed by atoms with van der Waals surface area (Å²) in [7, 11) is 0. The van der Waals surface area contributed by atoms with Gasteiger partial charge in [0, 0.05) is 19.3 Å². The van der Waals surface area contributed by atoms with E-state index in [4.69, 9.17) is 15.3 Å². The van der Waals surface area contributed by atoms with Gasteiger partial charge in [-0.2, -0.15) is 0 Å². The van der Waals surface area contributed by atoms with Gasteiger partial charge in [0.15, 0.2) is 0 Å². The number of aliphatic carboxylic acids is 3. The zero-order chi connectivity index (χ0) is 30.4. The molecule has 0 saturated heterocycles. The van der Waals surface area contributed by atoms with Gasteiger partial charge in [-0.1, -0.05) is 136 Å². The van der Waals surface area contributed by atoms with Gasteiger partial charge in [0.25, 0.3) is 0 Å². The van der Waals surface area contributed by atoms with E-state index in [1.54, 1.807) is 0 Å². The van der Waals surface area contributed by atoms with Gasteiger partial charge in [-0.05, 0) is 19.3 Å². The molecule has 0 atom stereocenters. The number of carboxylic acids is 3. The molecule has 0 unspecified atom stereocenters. The normalized spacial score (nSPS) is 9.77. The molecular formula is C32H66O6Sn. The molecule has 6 nitrogen and oxygen atoms in total. The average Bonchev–Trinajstić information content (AvgIpc) is 2.88. The molecule has 7 heteroatoms. The molecule has 39 heavy (non-hydrogen) atoms. The van der Waals surface area contributed by atoms with Crippen LogP contribution in [0.4, 0.5) is 0 Å². The maximum atomic E-state index is 10.1. The minimum absolute atomic E-state index is 0.341. The van der Waals surface area contributed by atoms with E-state index < -0.39 is 17.9 Å². The monoisotopic (exact) mass is 666 g/mol. The molecule has 0 aromatic carbocycles. The van der Waals surface area contributed by atoms with E-state index in [-0.39, 0.29) is 0 Å². The first-order valence-electron chi connectivity index (χ1n) is 16.1. The van der Waals surface area contributed by atoms with E-state index in [2.05, 4.69) is 27.7 Å². The van der Waals surface area contributed by atoms with Crippen LogP contribution in [0.2, 0.25) is 4.44 Å². The van der Waals surface area contributed by atoms with Crippen molar-refractivity contribution in [2.45, 2.75) is 186 Å². The van der Waals surface area contributed by atoms with Crippen molar-refractivity contribution >= 4 is 40.4 Å². The van der Waals surface area contributed by atoms with Gasteiger partial charge in [0.2, 0.25) is 0 Å². The summed E-state index contributed by atoms with van der Waals surface area (Å²) in [5, 5.41) is 25.1. The SMILES string of the molecule is CCCCCCCCCC(=O)O.CCCCCCCCCC(=O)O.CCCCCCCCCC(=O)O.C[CH2][SnH]. The molecule has 2 radical (unpaired) electrons. The van der Waals surface area contributed by atoms with Crippen molar-refractivity contribution in [3.05, 3.63) is 0 Å². The van der Waals surface area contributed by atoms with E-state index in [9.17, 15) is 14.4 Å². The summed E-state index contributed by atoms with van der Waals surface area (Å²) in [6, 6.07) is 0. The first-order valence-corrected chi connectivity index (χ1v) is 18.4. The van der Waals surface area contributed by atoms with Gasteiger partial charge in [0.05, 0.1) is 0 Å². The van der Waals surface area contributed by atoms with Crippen molar-refractivity contribution in [2.75, 3.05) is 0 Å². The average molecular weight is 666 g/mol. The Labute approximate surface area is 255 Å². The molecule has 234 valence electrons. The molecule has 0 spiro atoms. The molecule has 0 aliphatic rings. The number of hydrogen-bond donors (Lipinski definition) is 3. The van der Waals surface area contributed by atoms with Crippen LogP contribution in [0.3, 0.4) is 0 Å². The third-order valence-corrected chi connectivity index (χ3v) is 5.98. The second-order valence-corrected chi connectivity index (χ2v) is 12.5. The predicted octanol–water partition coefficient (Wildman–Crippen LogP) is 9.96. The fraction of sp³-hybridized carbons (Fsp3) is 0.906. The van der Waals surface area contributed by atoms with Crippen LogP contribution in [0.15, 0.2) is 0 Å². The number of hydrogen-bond acceptors (Lipinski definition) is 3. The Morgan fingerprint density at radius 3 is 0.692 bits per heavy atom. The van der Waals surface area contributed by atoms with Crippen molar-refractivity contribution in [3.8, 4) is 0 Å². The number of carboxylic acid groups (broad SMARTS) is 3. The van der Waals surface area contributed by atoms with Crippen molar-refractivity contribution in [1.29, 1.82) is 0 Å². The first-order chi connectivity index (χ1) is 18.7. The van der Waals surface area contributed by atoms with E-state index in [0.717, 1.165) is 38.5 Å². The minimum atomic E-state index is -0.663. The van der Waals surface area contributed by atoms with Gasteiger partial charge in [0.1, 0.15) is 0 Å². The zero-order valence-electron chi connectivity index (χ0n) is 26.3. The van der Waals surface area contributed by atoms with Crippen molar-refractivity contribution < 1.29 is 29.7 Å². The van der Waals surface area contributed by atoms with Crippen LogP contribution < -0.4 is 0 Å². The second-order valence-electron chi connectivity index (χ2n) is 10.2. The number of unbranched alkanes of at least 4 members (excludes halogenated alkanes) is 18. The standard InChI is InChI=1S/3C10H20O2.C2H5.Sn.H/c3*1-2-3-4-5-6-7-8-9-10(11)12;1-2;;/h3*2-9H2,1H3,(H,11,12);1H2,2H3;;. The number of rotatable bonds is 24. The van der Waals surface area contributed by atoms with Crippen molar-refractivity contribution in [3.63, 3.8) is 0 Å². The summed E-state index contributed by atoms with van der Waals surface area (Å²) in [5.41, 5.74) is 0. The van der Waals surface area contributed by atoms with Crippen LogP contribution in [0, 0.1) is 0 Å². The summed E-state index contributed by atoms with van der Waals surface area (Å²) in [4.78, 5) is 30.4. The summed E-state index contributed by atoms with van der Waals surface area (Å²) >= 11 is 1.42. The summed E-state index contributed by atoms with van der Waals surface area (Å²) in [6.07, 6.45) is 25.9. The number of carbonyl (C=O) groups is 3. The molecule has 0 heterocycles. The molecule has 0 fully saturated rings. The fourth-order valence-corrected chi connectivity index (χ4v) is 3.70. The zero-order valence-corrected chi connectivity index (χ0v) is 29.6. The first kappa shape index (κ1) is 45.2. The van der Waals surface area contributed by atoms with Crippen molar-refractivity contribution in [1.82, 2.24) is 0 Å². The third-order valence-electron chi connectivity index (χ3n) is 5.98. The topological polar surface area (TPSA) is 112 Å². The van der Waals surface area contributed by atoms with Crippen LogP contribution in [0.1, 0.15) is 182 Å². The van der Waals surface area contributed by atoms with E-state index in [1.165, 1.54) is 123 Å². The molecule has 0 aromatic heterocycles. The Morgan fingerprint density at radius 1 is 0.385 bits per heavy atom. The summed E-state index contributed by atoms with van der Waals surface area (Å²) < 4.78 is 1.38. The summed E-state index contributed by atoms with van der Waals surface area (Å²) in [5.74, 6) is -1.99. The van der Waals surface area contributed by atoms with Gasteiger partial charge in [-0.25, -0.2) is 0 Å². The molecule has 0 amide bonds. The van der Waals surface area contributed by atoms with Crippen LogP contribution in [0.25, 0.3) is 0 Å². The third kappa shape index (κ3) is 67.2. The van der Waals surface area contributed by atoms with Crippen molar-refractivity contribution in [2.24, 2.45) is 0 Å². The second kappa shape index (κ2) is 44.2. The Kier molecular flexibility index (Phi) is 51.3. The molecule has 0 saturated carbocycles. The van der Waals surface area contributed by atoms with Crippen LogP contribution in [0.5, 0.6) is 0 Å². The van der Waals surface area contributed by atoms with E-state index >= 15 is 0 Å². The molecule has 0 aliphatic heterocycles. The Hall–Kier alpha value is -0.791. The molecule has 0 bridgehead atoms. The molecule has 3 N–H and O–H groups in total. The fourth-order valence-electron chi connectivity index (χ4n) is 3.70. The molecule has 0 rings (SSSR count). The molecule has 0 aliphatic carbocycles. The van der Waals surface area contributed by atoms with Gasteiger partial charge < -0.3 is 15.3 Å². The summed E-state index contributed by atoms with van der Waals surface area (Å²) in [6.45, 7) is 8.78. The van der Waals surface area contributed by atoms with E-state index in [0.29, 0.717) is 19.3 Å². The molecular weight excluding hydrogens is 599 g/mol. The Morgan fingerprint density at radius 2 is 0.538 bits per heavy atom. The van der Waals surface area contributed by atoms with Gasteiger partial charge in [-0.3, -0.25) is 14.4 Å². The molecule has 0 aromatic rings. The Bertz CT molecular complexity index is 419. The van der Waals surface area contributed by atoms with Gasteiger partial charge in [-0.15, -0.1) is 0 Å². The predicted molar refractivity (Wildman–Crippen MR) is 168 cm³/mol. The maximum absolute atomic E-state index is 10.1.